The molecule has 10 nitrogen and oxygen atoms in total. The van der Waals surface area contributed by atoms with Crippen LogP contribution in [0.4, 0.5) is 14.9 Å². The molecule has 0 saturated carbocycles. The van der Waals surface area contributed by atoms with Gasteiger partial charge in [0.15, 0.2) is 5.75 Å². The molecule has 12 heteroatoms. The van der Waals surface area contributed by atoms with Crippen molar-refractivity contribution < 1.29 is 41.7 Å². The molecule has 0 amide bonds. The second-order valence-electron chi connectivity index (χ2n) is 8.63. The van der Waals surface area contributed by atoms with Gasteiger partial charge >= 0.3 is 6.16 Å². The van der Waals surface area contributed by atoms with Crippen molar-refractivity contribution in [1.29, 1.82) is 0 Å². The molecule has 194 valence electrons. The van der Waals surface area contributed by atoms with Crippen LogP contribution < -0.4 is 14.2 Å². The van der Waals surface area contributed by atoms with Crippen molar-refractivity contribution in [3.8, 4) is 22.6 Å². The topological polar surface area (TPSA) is 139 Å². The molecule has 0 unspecified atom stereocenters. The minimum atomic E-state index is -4.32. The van der Waals surface area contributed by atoms with Crippen molar-refractivity contribution in [2.45, 2.75) is 24.0 Å². The van der Waals surface area contributed by atoms with Crippen LogP contribution in [0.3, 0.4) is 0 Å². The van der Waals surface area contributed by atoms with Crippen LogP contribution >= 0.6 is 0 Å². The quantitative estimate of drug-likeness (QED) is 0.306. The number of ether oxygens (including phenoxy) is 2. The van der Waals surface area contributed by atoms with E-state index < -0.39 is 28.1 Å². The van der Waals surface area contributed by atoms with Crippen molar-refractivity contribution >= 4 is 27.9 Å². The number of sulfonamides is 1. The summed E-state index contributed by atoms with van der Waals surface area (Å²) in [6, 6.07) is 7.85. The molecule has 1 aromatic heterocycles. The number of hydrogen-bond donors (Lipinski definition) is 3. The third kappa shape index (κ3) is 5.17. The Kier molecular flexibility index (Phi) is 6.63. The van der Waals surface area contributed by atoms with Crippen LogP contribution in [0.2, 0.25) is 0 Å². The lowest BCUT2D eigenvalue weighted by molar-refractivity contribution is 0.141. The van der Waals surface area contributed by atoms with Gasteiger partial charge in [0.05, 0.1) is 22.9 Å². The Morgan fingerprint density at radius 1 is 1.24 bits per heavy atom. The molecular weight excluding hydrogens is 507 g/mol. The number of furan rings is 1. The summed E-state index contributed by atoms with van der Waals surface area (Å²) in [6.07, 6.45) is 3.25. The highest BCUT2D eigenvalue weighted by atomic mass is 32.2. The summed E-state index contributed by atoms with van der Waals surface area (Å²) in [4.78, 5) is 13.2. The van der Waals surface area contributed by atoms with E-state index in [2.05, 4.69) is 4.72 Å². The average molecular weight is 531 g/mol. The minimum absolute atomic E-state index is 0.00245. The Labute approximate surface area is 211 Å². The van der Waals surface area contributed by atoms with E-state index >= 15 is 0 Å². The molecule has 0 bridgehead atoms. The third-order valence-corrected chi connectivity index (χ3v) is 7.54. The highest BCUT2D eigenvalue weighted by molar-refractivity contribution is 7.92. The van der Waals surface area contributed by atoms with Gasteiger partial charge in [0.2, 0.25) is 5.75 Å². The second kappa shape index (κ2) is 9.88. The van der Waals surface area contributed by atoms with Crippen molar-refractivity contribution in [2.75, 3.05) is 24.4 Å². The average Bonchev–Trinajstić information content (AvgIpc) is 3.49. The van der Waals surface area contributed by atoms with Gasteiger partial charge in [0.25, 0.3) is 10.0 Å². The first-order valence-corrected chi connectivity index (χ1v) is 12.9. The lowest BCUT2D eigenvalue weighted by Gasteiger charge is -2.21. The molecule has 0 spiro atoms. The molecule has 0 aliphatic carbocycles. The largest absolute Gasteiger partial charge is 0.511 e. The van der Waals surface area contributed by atoms with Crippen LogP contribution in [0.1, 0.15) is 17.7 Å². The Bertz CT molecular complexity index is 1480. The number of nitrogens with zero attached hydrogens (tertiary/aromatic N) is 1. The fourth-order valence-electron chi connectivity index (χ4n) is 4.42. The summed E-state index contributed by atoms with van der Waals surface area (Å²) in [5, 5.41) is 19.0. The smallest absolute Gasteiger partial charge is 0.481 e. The lowest BCUT2D eigenvalue weighted by atomic mass is 10.0. The Morgan fingerprint density at radius 3 is 2.84 bits per heavy atom. The number of aliphatic hydroxyl groups excluding tert-OH is 1. The van der Waals surface area contributed by atoms with Crippen molar-refractivity contribution in [3.05, 3.63) is 65.9 Å². The van der Waals surface area contributed by atoms with Gasteiger partial charge in [-0.15, -0.1) is 0 Å². The fourth-order valence-corrected chi connectivity index (χ4v) is 5.66. The molecule has 2 aliphatic heterocycles. The predicted molar refractivity (Wildman–Crippen MR) is 130 cm³/mol. The molecule has 0 radical (unpaired) electrons. The maximum atomic E-state index is 14.0. The fraction of sp³-hybridized carbons (Fsp3) is 0.240. The van der Waals surface area contributed by atoms with E-state index in [9.17, 15) is 27.8 Å². The van der Waals surface area contributed by atoms with Crippen LogP contribution in [0, 0.1) is 5.82 Å². The van der Waals surface area contributed by atoms with Gasteiger partial charge in [-0.3, -0.25) is 9.62 Å². The van der Waals surface area contributed by atoms with Gasteiger partial charge in [-0.2, -0.15) is 0 Å². The molecule has 1 saturated heterocycles. The van der Waals surface area contributed by atoms with Crippen LogP contribution in [-0.2, 0) is 16.6 Å². The van der Waals surface area contributed by atoms with Crippen LogP contribution in [-0.4, -0.2) is 55.4 Å². The highest BCUT2D eigenvalue weighted by Gasteiger charge is 2.29. The normalized spacial score (nSPS) is 17.3. The number of nitrogens with one attached hydrogen (secondary N) is 1. The molecule has 3 aromatic rings. The van der Waals surface area contributed by atoms with Gasteiger partial charge in [-0.25, -0.2) is 17.6 Å². The van der Waals surface area contributed by atoms with E-state index in [0.29, 0.717) is 42.9 Å². The van der Waals surface area contributed by atoms with E-state index in [1.807, 2.05) is 4.90 Å². The number of aliphatic hydroxyl groups is 1. The number of fused-ring (bicyclic) bond motifs is 3. The summed E-state index contributed by atoms with van der Waals surface area (Å²) in [5.74, 6) is -0.368. The summed E-state index contributed by atoms with van der Waals surface area (Å²) in [5.41, 5.74) is 1.08. The van der Waals surface area contributed by atoms with E-state index in [-0.39, 0.29) is 34.3 Å². The first-order valence-electron chi connectivity index (χ1n) is 11.4. The third-order valence-electron chi connectivity index (χ3n) is 6.10. The number of benzene rings is 2. The lowest BCUT2D eigenvalue weighted by Crippen LogP contribution is -2.21. The number of halogens is 1. The van der Waals surface area contributed by atoms with Gasteiger partial charge in [-0.1, -0.05) is 12.2 Å². The van der Waals surface area contributed by atoms with Crippen LogP contribution in [0.5, 0.6) is 11.5 Å². The molecule has 3 heterocycles. The first kappa shape index (κ1) is 24.8. The maximum Gasteiger partial charge on any atom is 0.511 e. The number of carboxylic acid groups (broad SMARTS) is 1. The number of likely N-dealkylation sites (tertiary alicyclic amines) is 1. The second-order valence-corrected chi connectivity index (χ2v) is 10.3. The number of hydrogen-bond acceptors (Lipinski definition) is 8. The van der Waals surface area contributed by atoms with Gasteiger partial charge < -0.3 is 24.1 Å². The Hall–Kier alpha value is -3.87. The molecule has 37 heavy (non-hydrogen) atoms. The molecule has 5 rings (SSSR count). The molecule has 2 aromatic carbocycles. The molecule has 2 aliphatic rings. The van der Waals surface area contributed by atoms with Gasteiger partial charge in [0.1, 0.15) is 18.2 Å². The monoisotopic (exact) mass is 530 g/mol. The zero-order valence-corrected chi connectivity index (χ0v) is 20.2. The van der Waals surface area contributed by atoms with Gasteiger partial charge in [-0.05, 0) is 48.4 Å². The maximum absolute atomic E-state index is 14.0. The molecule has 1 fully saturated rings. The number of β-amino-alcohol motifs (C(OH)–C–C–N with tert-alkyl or cyclic N) is 1. The SMILES string of the molecule is O=C(O)Oc1c(NS(=O)(=O)c2ccc(F)cc2/C=C\CN2CC[C@@H](O)C2)ccc2c1OCc1occc1-2. The molecule has 1 atom stereocenters. The van der Waals surface area contributed by atoms with E-state index in [1.54, 1.807) is 18.2 Å². The first-order chi connectivity index (χ1) is 17.7. The molecular formula is C25H23FN2O8S. The minimum Gasteiger partial charge on any atom is -0.481 e. The molecule has 3 N–H and O–H groups in total. The summed E-state index contributed by atoms with van der Waals surface area (Å²) >= 11 is 0. The Balaban J connectivity index is 1.47. The summed E-state index contributed by atoms with van der Waals surface area (Å²) < 4.78 is 59.1. The van der Waals surface area contributed by atoms with Crippen molar-refractivity contribution in [1.82, 2.24) is 4.90 Å². The highest BCUT2D eigenvalue weighted by Crippen LogP contribution is 2.48. The zero-order chi connectivity index (χ0) is 26.2. The number of anilines is 1. The van der Waals surface area contributed by atoms with E-state index in [4.69, 9.17) is 13.9 Å². The standard InChI is InChI=1S/C25H23FN2O8S/c26-16-3-6-22(15(12-16)2-1-9-28-10-7-17(29)13-28)37(32,33)27-20-5-4-19-18-8-11-34-21(18)14-35-23(19)24(20)36-25(30)31/h1-6,8,11-12,17,27,29H,7,9-10,13-14H2,(H,30,31)/b2-1-/t17-/m1/s1. The van der Waals surface area contributed by atoms with Crippen LogP contribution in [0.15, 0.2) is 58.1 Å². The zero-order valence-electron chi connectivity index (χ0n) is 19.4. The number of carbonyl (C=O) groups is 1. The summed E-state index contributed by atoms with van der Waals surface area (Å²) in [6.45, 7) is 1.67. The van der Waals surface area contributed by atoms with Crippen molar-refractivity contribution in [2.24, 2.45) is 0 Å². The predicted octanol–water partition coefficient (Wildman–Crippen LogP) is 3.92. The van der Waals surface area contributed by atoms with Gasteiger partial charge in [0, 0.05) is 30.8 Å². The van der Waals surface area contributed by atoms with Crippen molar-refractivity contribution in [3.63, 3.8) is 0 Å². The Morgan fingerprint density at radius 2 is 2.08 bits per heavy atom. The summed E-state index contributed by atoms with van der Waals surface area (Å²) in [7, 11) is -4.32. The number of rotatable bonds is 7. The van der Waals surface area contributed by atoms with E-state index in [1.165, 1.54) is 18.4 Å². The van der Waals surface area contributed by atoms with Crippen LogP contribution in [0.25, 0.3) is 17.2 Å². The van der Waals surface area contributed by atoms with E-state index in [0.717, 1.165) is 18.2 Å².